The van der Waals surface area contributed by atoms with E-state index in [-0.39, 0.29) is 11.7 Å². The largest absolute Gasteiger partial charge is 0.496 e. The molecule has 1 aromatic heterocycles. The molecule has 0 radical (unpaired) electrons. The summed E-state index contributed by atoms with van der Waals surface area (Å²) in [6.45, 7) is 5.47. The van der Waals surface area contributed by atoms with Crippen LogP contribution in [0.2, 0.25) is 0 Å². The summed E-state index contributed by atoms with van der Waals surface area (Å²) in [7, 11) is 1.49. The lowest BCUT2D eigenvalue weighted by Crippen LogP contribution is -1.91. The van der Waals surface area contributed by atoms with Crippen molar-refractivity contribution in [3.05, 3.63) is 66.3 Å². The Balaban J connectivity index is 2.47. The summed E-state index contributed by atoms with van der Waals surface area (Å²) >= 11 is 0. The standard InChI is InChI=1S/C16H14F2N2O2/c1-4-6-11(14(5-2)21-3)16-19-15(20-22-16)10-7-8-12(17)13(18)9-10/h4-9H,2H2,1,3H3/b6-4-,14-11-. The molecule has 0 unspecified atom stereocenters. The third kappa shape index (κ3) is 3.11. The molecule has 6 heteroatoms. The van der Waals surface area contributed by atoms with Crippen LogP contribution in [0.3, 0.4) is 0 Å². The second-order valence-corrected chi connectivity index (χ2v) is 4.24. The first-order valence-electron chi connectivity index (χ1n) is 6.43. The van der Waals surface area contributed by atoms with Crippen molar-refractivity contribution < 1.29 is 18.0 Å². The SMILES string of the molecule is C=C/C(OC)=C(\C=C/C)c1nc(-c2ccc(F)c(F)c2)no1. The van der Waals surface area contributed by atoms with E-state index in [2.05, 4.69) is 16.7 Å². The molecule has 0 amide bonds. The van der Waals surface area contributed by atoms with Crippen molar-refractivity contribution in [3.63, 3.8) is 0 Å². The van der Waals surface area contributed by atoms with Gasteiger partial charge in [0.25, 0.3) is 5.89 Å². The topological polar surface area (TPSA) is 48.2 Å². The molecule has 0 aliphatic carbocycles. The van der Waals surface area contributed by atoms with Crippen molar-refractivity contribution in [1.82, 2.24) is 10.1 Å². The van der Waals surface area contributed by atoms with Gasteiger partial charge >= 0.3 is 0 Å². The number of aromatic nitrogens is 2. The van der Waals surface area contributed by atoms with Gasteiger partial charge in [-0.1, -0.05) is 17.8 Å². The molecule has 0 atom stereocenters. The summed E-state index contributed by atoms with van der Waals surface area (Å²) < 4.78 is 36.6. The molecule has 0 aliphatic heterocycles. The van der Waals surface area contributed by atoms with Gasteiger partial charge in [0, 0.05) is 5.56 Å². The van der Waals surface area contributed by atoms with Crippen LogP contribution in [-0.4, -0.2) is 17.3 Å². The zero-order valence-electron chi connectivity index (χ0n) is 12.1. The van der Waals surface area contributed by atoms with E-state index in [1.165, 1.54) is 19.3 Å². The van der Waals surface area contributed by atoms with Gasteiger partial charge in [0.05, 0.1) is 12.7 Å². The molecule has 0 aliphatic rings. The van der Waals surface area contributed by atoms with Crippen LogP contribution in [0, 0.1) is 11.6 Å². The Morgan fingerprint density at radius 1 is 1.32 bits per heavy atom. The predicted molar refractivity (Wildman–Crippen MR) is 78.6 cm³/mol. The molecular formula is C16H14F2N2O2. The van der Waals surface area contributed by atoms with E-state index >= 15 is 0 Å². The number of hydrogen-bond donors (Lipinski definition) is 0. The number of nitrogens with zero attached hydrogens (tertiary/aromatic N) is 2. The zero-order chi connectivity index (χ0) is 16.1. The Morgan fingerprint density at radius 3 is 2.68 bits per heavy atom. The molecule has 0 N–H and O–H groups in total. The van der Waals surface area contributed by atoms with Crippen LogP contribution >= 0.6 is 0 Å². The molecule has 4 nitrogen and oxygen atoms in total. The van der Waals surface area contributed by atoms with Crippen molar-refractivity contribution in [1.29, 1.82) is 0 Å². The highest BCUT2D eigenvalue weighted by atomic mass is 19.2. The fourth-order valence-corrected chi connectivity index (χ4v) is 1.81. The molecule has 2 rings (SSSR count). The minimum atomic E-state index is -0.975. The fourth-order valence-electron chi connectivity index (χ4n) is 1.81. The monoisotopic (exact) mass is 304 g/mol. The van der Waals surface area contributed by atoms with Gasteiger partial charge in [0.15, 0.2) is 11.6 Å². The molecule has 0 fully saturated rings. The predicted octanol–water partition coefficient (Wildman–Crippen LogP) is 4.13. The maximum absolute atomic E-state index is 13.3. The maximum Gasteiger partial charge on any atom is 0.261 e. The molecule has 114 valence electrons. The lowest BCUT2D eigenvalue weighted by molar-refractivity contribution is 0.307. The average molecular weight is 304 g/mol. The Morgan fingerprint density at radius 2 is 2.09 bits per heavy atom. The molecule has 2 aromatic rings. The van der Waals surface area contributed by atoms with E-state index in [4.69, 9.17) is 9.26 Å². The van der Waals surface area contributed by atoms with Crippen LogP contribution in [0.15, 0.2) is 53.3 Å². The van der Waals surface area contributed by atoms with Gasteiger partial charge < -0.3 is 9.26 Å². The number of rotatable bonds is 5. The average Bonchev–Trinajstić information content (AvgIpc) is 3.00. The summed E-state index contributed by atoms with van der Waals surface area (Å²) in [5.41, 5.74) is 0.854. The molecule has 1 heterocycles. The van der Waals surface area contributed by atoms with E-state index in [9.17, 15) is 8.78 Å². The van der Waals surface area contributed by atoms with Crippen LogP contribution in [0.5, 0.6) is 0 Å². The second-order valence-electron chi connectivity index (χ2n) is 4.24. The van der Waals surface area contributed by atoms with Crippen LogP contribution in [0.25, 0.3) is 17.0 Å². The Labute approximate surface area is 126 Å². The summed E-state index contributed by atoms with van der Waals surface area (Å²) in [6.07, 6.45) is 5.01. The summed E-state index contributed by atoms with van der Waals surface area (Å²) in [5, 5.41) is 3.78. The van der Waals surface area contributed by atoms with Crippen molar-refractivity contribution in [2.45, 2.75) is 6.92 Å². The van der Waals surface area contributed by atoms with Crippen molar-refractivity contribution in [2.24, 2.45) is 0 Å². The third-order valence-corrected chi connectivity index (χ3v) is 2.84. The number of allylic oxidation sites excluding steroid dienone is 4. The minimum absolute atomic E-state index is 0.149. The minimum Gasteiger partial charge on any atom is -0.496 e. The van der Waals surface area contributed by atoms with Crippen molar-refractivity contribution in [2.75, 3.05) is 7.11 Å². The van der Waals surface area contributed by atoms with Gasteiger partial charge in [0.2, 0.25) is 5.82 Å². The van der Waals surface area contributed by atoms with E-state index in [1.807, 2.05) is 6.92 Å². The molecule has 0 spiro atoms. The summed E-state index contributed by atoms with van der Waals surface area (Å²) in [6, 6.07) is 3.39. The summed E-state index contributed by atoms with van der Waals surface area (Å²) in [5.74, 6) is -1.12. The number of benzene rings is 1. The fraction of sp³-hybridized carbons (Fsp3) is 0.125. The molecule has 0 saturated carbocycles. The van der Waals surface area contributed by atoms with Gasteiger partial charge in [-0.15, -0.1) is 0 Å². The number of ether oxygens (including phenoxy) is 1. The van der Waals surface area contributed by atoms with E-state index in [0.717, 1.165) is 12.1 Å². The first-order chi connectivity index (χ1) is 10.6. The van der Waals surface area contributed by atoms with E-state index in [1.54, 1.807) is 12.2 Å². The third-order valence-electron chi connectivity index (χ3n) is 2.84. The molecule has 1 aromatic carbocycles. The van der Waals surface area contributed by atoms with Gasteiger partial charge in [-0.05, 0) is 37.3 Å². The molecule has 22 heavy (non-hydrogen) atoms. The number of hydrogen-bond acceptors (Lipinski definition) is 4. The van der Waals surface area contributed by atoms with Crippen LogP contribution < -0.4 is 0 Å². The maximum atomic E-state index is 13.3. The highest BCUT2D eigenvalue weighted by molar-refractivity contribution is 5.73. The van der Waals surface area contributed by atoms with Gasteiger partial charge in [0.1, 0.15) is 5.76 Å². The van der Waals surface area contributed by atoms with Crippen molar-refractivity contribution in [3.8, 4) is 11.4 Å². The van der Waals surface area contributed by atoms with Gasteiger partial charge in [-0.3, -0.25) is 0 Å². The van der Waals surface area contributed by atoms with E-state index < -0.39 is 11.6 Å². The van der Waals surface area contributed by atoms with Crippen LogP contribution in [0.4, 0.5) is 8.78 Å². The molecule has 0 bridgehead atoms. The Hall–Kier alpha value is -2.76. The van der Waals surface area contributed by atoms with Crippen LogP contribution in [-0.2, 0) is 4.74 Å². The number of halogens is 2. The molecular weight excluding hydrogens is 290 g/mol. The lowest BCUT2D eigenvalue weighted by Gasteiger charge is -2.03. The van der Waals surface area contributed by atoms with Crippen molar-refractivity contribution >= 4 is 5.57 Å². The number of methoxy groups -OCH3 is 1. The highest BCUT2D eigenvalue weighted by Crippen LogP contribution is 2.24. The Bertz CT molecular complexity index is 748. The lowest BCUT2D eigenvalue weighted by atomic mass is 10.2. The second kappa shape index (κ2) is 6.80. The van der Waals surface area contributed by atoms with Gasteiger partial charge in [-0.2, -0.15) is 4.98 Å². The van der Waals surface area contributed by atoms with Gasteiger partial charge in [-0.25, -0.2) is 8.78 Å². The van der Waals surface area contributed by atoms with E-state index in [0.29, 0.717) is 16.9 Å². The Kier molecular flexibility index (Phi) is 4.83. The first kappa shape index (κ1) is 15.6. The zero-order valence-corrected chi connectivity index (χ0v) is 12.1. The quantitative estimate of drug-likeness (QED) is 0.615. The molecule has 0 saturated heterocycles. The highest BCUT2D eigenvalue weighted by Gasteiger charge is 2.15. The normalized spacial score (nSPS) is 12.4. The smallest absolute Gasteiger partial charge is 0.261 e. The first-order valence-corrected chi connectivity index (χ1v) is 6.43. The van der Waals surface area contributed by atoms with Crippen LogP contribution in [0.1, 0.15) is 12.8 Å². The summed E-state index contributed by atoms with van der Waals surface area (Å²) in [4.78, 5) is 4.18.